The van der Waals surface area contributed by atoms with E-state index in [0.717, 1.165) is 4.58 Å². The van der Waals surface area contributed by atoms with Crippen molar-refractivity contribution in [3.05, 3.63) is 0 Å². The van der Waals surface area contributed by atoms with E-state index in [9.17, 15) is 0 Å². The second-order valence-electron chi connectivity index (χ2n) is 1.19. The third kappa shape index (κ3) is 1.24. The average molecular weight is 227 g/mol. The van der Waals surface area contributed by atoms with Crippen molar-refractivity contribution in [1.82, 2.24) is 0 Å². The topological polar surface area (TPSA) is 0 Å². The van der Waals surface area contributed by atoms with Crippen LogP contribution in [-0.2, 0) is 0 Å². The predicted molar refractivity (Wildman–Crippen MR) is 34.2 cm³/mol. The quantitative estimate of drug-likeness (QED) is 0.618. The molecule has 0 nitrogen and oxygen atoms in total. The molecule has 1 saturated heterocycles. The summed E-state index contributed by atoms with van der Waals surface area (Å²) >= 11 is 3.95. The summed E-state index contributed by atoms with van der Waals surface area (Å²) in [5, 5.41) is 0. The standard InChI is InChI=1S/C3H6S2.Sb/c4-3-1-2-5-3;/h3-4H,1-2H2;/q;+1/p-1. The van der Waals surface area contributed by atoms with E-state index in [4.69, 9.17) is 0 Å². The summed E-state index contributed by atoms with van der Waals surface area (Å²) in [5.74, 6) is 1.40. The van der Waals surface area contributed by atoms with Gasteiger partial charge in [-0.1, -0.05) is 0 Å². The molecule has 6 heavy (non-hydrogen) atoms. The molecule has 1 atom stereocenters. The molecule has 0 N–H and O–H groups in total. The number of hydrogen-bond donors (Lipinski definition) is 0. The van der Waals surface area contributed by atoms with Crippen molar-refractivity contribution >= 4 is 42.2 Å². The van der Waals surface area contributed by atoms with Gasteiger partial charge in [0.1, 0.15) is 0 Å². The van der Waals surface area contributed by atoms with Crippen LogP contribution in [0, 0.1) is 0 Å². The summed E-state index contributed by atoms with van der Waals surface area (Å²) in [4.78, 5) is 0. The Morgan fingerprint density at radius 2 is 2.50 bits per heavy atom. The first kappa shape index (κ1) is 5.65. The maximum atomic E-state index is 2.08. The molecule has 0 aromatic rings. The van der Waals surface area contributed by atoms with Crippen molar-refractivity contribution in [3.8, 4) is 0 Å². The third-order valence-electron chi connectivity index (χ3n) is 0.775. The van der Waals surface area contributed by atoms with Gasteiger partial charge < -0.3 is 0 Å². The van der Waals surface area contributed by atoms with Crippen LogP contribution in [0.2, 0.25) is 0 Å². The first-order chi connectivity index (χ1) is 2.93. The summed E-state index contributed by atoms with van der Waals surface area (Å²) in [6, 6.07) is 0. The van der Waals surface area contributed by atoms with E-state index in [1.54, 1.807) is 0 Å². The van der Waals surface area contributed by atoms with Gasteiger partial charge in [0, 0.05) is 0 Å². The maximum absolute atomic E-state index is 2.08. The van der Waals surface area contributed by atoms with Crippen LogP contribution in [0.1, 0.15) is 6.42 Å². The van der Waals surface area contributed by atoms with E-state index < -0.39 is 0 Å². The van der Waals surface area contributed by atoms with E-state index in [0.29, 0.717) is 0 Å². The van der Waals surface area contributed by atoms with Gasteiger partial charge in [0.2, 0.25) is 0 Å². The Bertz CT molecular complexity index is 41.3. The minimum atomic E-state index is 0.971. The molecule has 1 unspecified atom stereocenters. The van der Waals surface area contributed by atoms with Crippen LogP contribution in [-0.4, -0.2) is 32.0 Å². The Hall–Kier alpha value is 1.52. The van der Waals surface area contributed by atoms with Crippen molar-refractivity contribution in [2.75, 3.05) is 5.75 Å². The van der Waals surface area contributed by atoms with Gasteiger partial charge in [-0.15, -0.1) is 0 Å². The number of rotatable bonds is 1. The van der Waals surface area contributed by atoms with Crippen molar-refractivity contribution in [2.24, 2.45) is 0 Å². The first-order valence-electron chi connectivity index (χ1n) is 1.85. The number of thioether (sulfide) groups is 1. The molecule has 3 heteroatoms. The number of hydrogen-bond acceptors (Lipinski definition) is 2. The van der Waals surface area contributed by atoms with Crippen LogP contribution in [0.4, 0.5) is 0 Å². The van der Waals surface area contributed by atoms with Crippen LogP contribution in [0.25, 0.3) is 0 Å². The van der Waals surface area contributed by atoms with Crippen LogP contribution in [0.5, 0.6) is 0 Å². The van der Waals surface area contributed by atoms with Crippen LogP contribution in [0.3, 0.4) is 0 Å². The van der Waals surface area contributed by atoms with Gasteiger partial charge in [-0.25, -0.2) is 0 Å². The van der Waals surface area contributed by atoms with Gasteiger partial charge >= 0.3 is 59.0 Å². The Morgan fingerprint density at radius 3 is 2.50 bits per heavy atom. The molecule has 1 fully saturated rings. The fourth-order valence-electron chi connectivity index (χ4n) is 0.297. The zero-order chi connectivity index (χ0) is 4.41. The molecule has 1 aliphatic rings. The van der Waals surface area contributed by atoms with Crippen molar-refractivity contribution in [2.45, 2.75) is 11.0 Å². The molecule has 0 saturated carbocycles. The monoisotopic (exact) mass is 226 g/mol. The summed E-state index contributed by atoms with van der Waals surface area (Å²) in [6.07, 6.45) is 1.45. The zero-order valence-electron chi connectivity index (χ0n) is 3.26. The Kier molecular flexibility index (Phi) is 2.58. The Morgan fingerprint density at radius 1 is 1.83 bits per heavy atom. The summed E-state index contributed by atoms with van der Waals surface area (Å²) in [7, 11) is 2.02. The van der Waals surface area contributed by atoms with Gasteiger partial charge in [-0.2, -0.15) is 0 Å². The molecule has 0 bridgehead atoms. The van der Waals surface area contributed by atoms with E-state index in [2.05, 4.69) is 11.8 Å². The van der Waals surface area contributed by atoms with Gasteiger partial charge in [0.25, 0.3) is 0 Å². The Balaban J connectivity index is 2.01. The molecule has 0 aromatic heterocycles. The van der Waals surface area contributed by atoms with Gasteiger partial charge in [0.15, 0.2) is 0 Å². The van der Waals surface area contributed by atoms with Crippen molar-refractivity contribution in [3.63, 3.8) is 0 Å². The molecule has 0 amide bonds. The molecular weight excluding hydrogens is 222 g/mol. The molecule has 34 valence electrons. The second-order valence-corrected chi connectivity index (χ2v) is 5.39. The van der Waals surface area contributed by atoms with E-state index in [1.165, 1.54) is 12.2 Å². The summed E-state index contributed by atoms with van der Waals surface area (Å²) in [5.41, 5.74) is 0. The van der Waals surface area contributed by atoms with Crippen molar-refractivity contribution in [1.29, 1.82) is 0 Å². The van der Waals surface area contributed by atoms with E-state index in [1.807, 2.05) is 30.5 Å². The predicted octanol–water partition coefficient (Wildman–Crippen LogP) is 1.27. The molecule has 2 radical (unpaired) electrons. The molecule has 1 aliphatic heterocycles. The molecule has 0 spiro atoms. The molecular formula is C3H5S2Sb. The average Bonchev–Trinajstić information content (AvgIpc) is 1.31. The van der Waals surface area contributed by atoms with Crippen molar-refractivity contribution < 1.29 is 0 Å². The fraction of sp³-hybridized carbons (Fsp3) is 1.00. The molecule has 0 aliphatic carbocycles. The SMILES string of the molecule is [Sb][S]C1CCS1. The summed E-state index contributed by atoms with van der Waals surface area (Å²) < 4.78 is 0.971. The molecule has 0 aromatic carbocycles. The van der Waals surface area contributed by atoms with Gasteiger partial charge in [-0.05, 0) is 0 Å². The molecule has 1 rings (SSSR count). The second kappa shape index (κ2) is 2.74. The van der Waals surface area contributed by atoms with Crippen LogP contribution >= 0.6 is 20.6 Å². The van der Waals surface area contributed by atoms with Gasteiger partial charge in [-0.3, -0.25) is 0 Å². The van der Waals surface area contributed by atoms with Crippen LogP contribution < -0.4 is 0 Å². The van der Waals surface area contributed by atoms with E-state index >= 15 is 0 Å². The minimum absolute atomic E-state index is 0.971. The Labute approximate surface area is 58.7 Å². The summed E-state index contributed by atoms with van der Waals surface area (Å²) in [6.45, 7) is 0. The zero-order valence-corrected chi connectivity index (χ0v) is 7.44. The van der Waals surface area contributed by atoms with Gasteiger partial charge in [0.05, 0.1) is 0 Å². The van der Waals surface area contributed by atoms with Crippen LogP contribution in [0.15, 0.2) is 0 Å². The fourth-order valence-corrected chi connectivity index (χ4v) is 4.12. The molecule has 1 heterocycles. The third-order valence-corrected chi connectivity index (χ3v) is 6.48. The van der Waals surface area contributed by atoms with E-state index in [-0.39, 0.29) is 0 Å². The normalized spacial score (nSPS) is 32.5. The first-order valence-corrected chi connectivity index (χ1v) is 6.86.